The number of benzene rings is 1. The van der Waals surface area contributed by atoms with Crippen molar-refractivity contribution in [1.29, 1.82) is 0 Å². The largest absolute Gasteiger partial charge is 0.478 e. The number of carboxylic acid groups (broad SMARTS) is 1. The SMILES string of the molecule is CCCC(C)(C)N1C(=O)c2ccc(C(=O)O)cc2C1=O. The molecule has 5 nitrogen and oxygen atoms in total. The van der Waals surface area contributed by atoms with Crippen LogP contribution in [0, 0.1) is 0 Å². The summed E-state index contributed by atoms with van der Waals surface area (Å²) in [5.41, 5.74) is -0.103. The van der Waals surface area contributed by atoms with Gasteiger partial charge in [0.25, 0.3) is 11.8 Å². The number of carboxylic acids is 1. The number of hydrogen-bond acceptors (Lipinski definition) is 3. The van der Waals surface area contributed by atoms with E-state index in [1.54, 1.807) is 0 Å². The molecule has 106 valence electrons. The highest BCUT2D eigenvalue weighted by atomic mass is 16.4. The van der Waals surface area contributed by atoms with Crippen LogP contribution in [0.25, 0.3) is 0 Å². The van der Waals surface area contributed by atoms with Crippen LogP contribution in [0.3, 0.4) is 0 Å². The second kappa shape index (κ2) is 4.74. The summed E-state index contributed by atoms with van der Waals surface area (Å²) in [5, 5.41) is 8.97. The van der Waals surface area contributed by atoms with Crippen molar-refractivity contribution in [3.63, 3.8) is 0 Å². The molecule has 5 heteroatoms. The fourth-order valence-electron chi connectivity index (χ4n) is 2.65. The lowest BCUT2D eigenvalue weighted by Crippen LogP contribution is -2.47. The Bertz CT molecular complexity index is 604. The molecule has 20 heavy (non-hydrogen) atoms. The van der Waals surface area contributed by atoms with E-state index in [9.17, 15) is 14.4 Å². The van der Waals surface area contributed by atoms with Gasteiger partial charge in [0.15, 0.2) is 0 Å². The van der Waals surface area contributed by atoms with Crippen LogP contribution in [0.2, 0.25) is 0 Å². The van der Waals surface area contributed by atoms with Crippen molar-refractivity contribution in [2.24, 2.45) is 0 Å². The van der Waals surface area contributed by atoms with Gasteiger partial charge >= 0.3 is 5.97 Å². The number of fused-ring (bicyclic) bond motifs is 1. The molecule has 1 heterocycles. The van der Waals surface area contributed by atoms with Crippen LogP contribution in [0.5, 0.6) is 0 Å². The number of imide groups is 1. The maximum atomic E-state index is 12.4. The average molecular weight is 275 g/mol. The zero-order valence-corrected chi connectivity index (χ0v) is 11.8. The molecule has 1 aromatic carbocycles. The van der Waals surface area contributed by atoms with E-state index < -0.39 is 17.4 Å². The minimum atomic E-state index is -1.11. The van der Waals surface area contributed by atoms with Crippen molar-refractivity contribution < 1.29 is 19.5 Å². The Morgan fingerprint density at radius 3 is 2.35 bits per heavy atom. The molecule has 1 aliphatic heterocycles. The Labute approximate surface area is 117 Å². The van der Waals surface area contributed by atoms with Crippen LogP contribution in [0.15, 0.2) is 18.2 Å². The Balaban J connectivity index is 2.48. The van der Waals surface area contributed by atoms with Crippen molar-refractivity contribution >= 4 is 17.8 Å². The van der Waals surface area contributed by atoms with Crippen LogP contribution in [-0.2, 0) is 0 Å². The molecule has 0 atom stereocenters. The first-order chi connectivity index (χ1) is 9.29. The summed E-state index contributed by atoms with van der Waals surface area (Å²) in [6, 6.07) is 4.05. The van der Waals surface area contributed by atoms with Gasteiger partial charge in [0.1, 0.15) is 0 Å². The minimum absolute atomic E-state index is 0.0139. The number of aromatic carboxylic acids is 1. The van der Waals surface area contributed by atoms with Gasteiger partial charge in [0, 0.05) is 5.54 Å². The summed E-state index contributed by atoms with van der Waals surface area (Å²) in [6.45, 7) is 5.68. The van der Waals surface area contributed by atoms with Crippen molar-refractivity contribution in [2.45, 2.75) is 39.2 Å². The molecular formula is C15H17NO4. The van der Waals surface area contributed by atoms with Gasteiger partial charge in [0.05, 0.1) is 16.7 Å². The molecule has 0 radical (unpaired) electrons. The summed E-state index contributed by atoms with van der Waals surface area (Å²) < 4.78 is 0. The van der Waals surface area contributed by atoms with E-state index in [4.69, 9.17) is 5.11 Å². The fourth-order valence-corrected chi connectivity index (χ4v) is 2.65. The highest BCUT2D eigenvalue weighted by Crippen LogP contribution is 2.32. The Hall–Kier alpha value is -2.17. The van der Waals surface area contributed by atoms with Crippen LogP contribution < -0.4 is 0 Å². The van der Waals surface area contributed by atoms with Crippen LogP contribution in [0.1, 0.15) is 64.7 Å². The molecule has 1 N–H and O–H groups in total. The molecule has 1 aromatic rings. The molecule has 0 bridgehead atoms. The molecule has 0 saturated heterocycles. The van der Waals surface area contributed by atoms with E-state index in [0.29, 0.717) is 6.42 Å². The molecule has 0 fully saturated rings. The maximum absolute atomic E-state index is 12.4. The van der Waals surface area contributed by atoms with Crippen molar-refractivity contribution in [2.75, 3.05) is 0 Å². The van der Waals surface area contributed by atoms with E-state index in [1.807, 2.05) is 20.8 Å². The lowest BCUT2D eigenvalue weighted by atomic mass is 9.96. The predicted octanol–water partition coefficient (Wildman–Crippen LogP) is 2.56. The summed E-state index contributed by atoms with van der Waals surface area (Å²) >= 11 is 0. The first-order valence-corrected chi connectivity index (χ1v) is 6.56. The average Bonchev–Trinajstić information content (AvgIpc) is 2.61. The fraction of sp³-hybridized carbons (Fsp3) is 0.400. The first kappa shape index (κ1) is 14.2. The Morgan fingerprint density at radius 2 is 1.80 bits per heavy atom. The van der Waals surface area contributed by atoms with Crippen molar-refractivity contribution in [3.8, 4) is 0 Å². The minimum Gasteiger partial charge on any atom is -0.478 e. The quantitative estimate of drug-likeness (QED) is 0.857. The second-order valence-corrected chi connectivity index (χ2v) is 5.57. The van der Waals surface area contributed by atoms with Crippen molar-refractivity contribution in [3.05, 3.63) is 34.9 Å². The normalized spacial score (nSPS) is 14.7. The van der Waals surface area contributed by atoms with Gasteiger partial charge in [-0.2, -0.15) is 0 Å². The second-order valence-electron chi connectivity index (χ2n) is 5.57. The van der Waals surface area contributed by atoms with Gasteiger partial charge in [-0.15, -0.1) is 0 Å². The molecule has 0 spiro atoms. The van der Waals surface area contributed by atoms with E-state index in [2.05, 4.69) is 0 Å². The number of carbonyl (C=O) groups excluding carboxylic acids is 2. The third-order valence-corrected chi connectivity index (χ3v) is 3.60. The molecule has 2 rings (SSSR count). The zero-order valence-electron chi connectivity index (χ0n) is 11.8. The summed E-state index contributed by atoms with van der Waals surface area (Å²) in [6.07, 6.45) is 1.55. The molecule has 0 aliphatic carbocycles. The topological polar surface area (TPSA) is 74.7 Å². The van der Waals surface area contributed by atoms with E-state index in [1.165, 1.54) is 23.1 Å². The van der Waals surface area contributed by atoms with Crippen LogP contribution in [0.4, 0.5) is 0 Å². The molecule has 1 aliphatic rings. The highest BCUT2D eigenvalue weighted by molar-refractivity contribution is 6.22. The predicted molar refractivity (Wildman–Crippen MR) is 72.9 cm³/mol. The van der Waals surface area contributed by atoms with Gasteiger partial charge in [-0.25, -0.2) is 4.79 Å². The van der Waals surface area contributed by atoms with E-state index >= 15 is 0 Å². The maximum Gasteiger partial charge on any atom is 0.335 e. The molecule has 0 saturated carbocycles. The summed E-state index contributed by atoms with van der Waals surface area (Å²) in [4.78, 5) is 37.0. The molecular weight excluding hydrogens is 258 g/mol. The lowest BCUT2D eigenvalue weighted by molar-refractivity contribution is 0.0465. The smallest absolute Gasteiger partial charge is 0.335 e. The third kappa shape index (κ3) is 2.09. The standard InChI is InChI=1S/C15H17NO4/c1-4-7-15(2,3)16-12(17)10-6-5-9(14(19)20)8-11(10)13(16)18/h5-6,8H,4,7H2,1-3H3,(H,19,20). The highest BCUT2D eigenvalue weighted by Gasteiger charge is 2.43. The van der Waals surface area contributed by atoms with Gasteiger partial charge < -0.3 is 5.11 Å². The summed E-state index contributed by atoms with van der Waals surface area (Å²) in [7, 11) is 0. The van der Waals surface area contributed by atoms with Gasteiger partial charge in [-0.1, -0.05) is 13.3 Å². The lowest BCUT2D eigenvalue weighted by Gasteiger charge is -2.33. The van der Waals surface area contributed by atoms with E-state index in [0.717, 1.165) is 6.42 Å². The molecule has 0 unspecified atom stereocenters. The number of hydrogen-bond donors (Lipinski definition) is 1. The van der Waals surface area contributed by atoms with Gasteiger partial charge in [-0.3, -0.25) is 14.5 Å². The van der Waals surface area contributed by atoms with Crippen molar-refractivity contribution in [1.82, 2.24) is 4.90 Å². The van der Waals surface area contributed by atoms with Gasteiger partial charge in [-0.05, 0) is 38.5 Å². The zero-order chi connectivity index (χ0) is 15.1. The molecule has 2 amide bonds. The van der Waals surface area contributed by atoms with Crippen LogP contribution >= 0.6 is 0 Å². The van der Waals surface area contributed by atoms with Gasteiger partial charge in [0.2, 0.25) is 0 Å². The Kier molecular flexibility index (Phi) is 3.38. The molecule has 0 aromatic heterocycles. The number of rotatable bonds is 4. The Morgan fingerprint density at radius 1 is 1.20 bits per heavy atom. The first-order valence-electron chi connectivity index (χ1n) is 6.56. The third-order valence-electron chi connectivity index (χ3n) is 3.60. The summed E-state index contributed by atoms with van der Waals surface area (Å²) in [5.74, 6) is -1.87. The number of nitrogens with zero attached hydrogens (tertiary/aromatic N) is 1. The number of amides is 2. The van der Waals surface area contributed by atoms with E-state index in [-0.39, 0.29) is 22.6 Å². The monoisotopic (exact) mass is 275 g/mol. The van der Waals surface area contributed by atoms with Crippen LogP contribution in [-0.4, -0.2) is 33.3 Å². The number of carbonyl (C=O) groups is 3.